The SMILES string of the molecule is O=C(N1CCCC(Cc2nc(-c3cnccn3)no2)C1)C1(c2ccccc2)CCOCC1. The number of hydrogen-bond acceptors (Lipinski definition) is 7. The van der Waals surface area contributed by atoms with E-state index in [4.69, 9.17) is 9.26 Å². The first-order valence-electron chi connectivity index (χ1n) is 11.3. The summed E-state index contributed by atoms with van der Waals surface area (Å²) in [6.45, 7) is 2.73. The van der Waals surface area contributed by atoms with Crippen molar-refractivity contribution in [3.63, 3.8) is 0 Å². The minimum absolute atomic E-state index is 0.225. The highest BCUT2D eigenvalue weighted by atomic mass is 16.5. The predicted octanol–water partition coefficient (Wildman–Crippen LogP) is 3.06. The quantitative estimate of drug-likeness (QED) is 0.610. The Morgan fingerprint density at radius 2 is 2.00 bits per heavy atom. The molecule has 1 atom stereocenters. The van der Waals surface area contributed by atoms with E-state index in [2.05, 4.69) is 32.2 Å². The van der Waals surface area contributed by atoms with Crippen LogP contribution in [0.15, 0.2) is 53.4 Å². The molecule has 0 saturated carbocycles. The van der Waals surface area contributed by atoms with Crippen LogP contribution in [0.4, 0.5) is 0 Å². The van der Waals surface area contributed by atoms with Crippen LogP contribution >= 0.6 is 0 Å². The van der Waals surface area contributed by atoms with Gasteiger partial charge in [-0.1, -0.05) is 35.5 Å². The fourth-order valence-electron chi connectivity index (χ4n) is 4.93. The highest BCUT2D eigenvalue weighted by molar-refractivity contribution is 5.88. The number of ether oxygens (including phenoxy) is 1. The summed E-state index contributed by atoms with van der Waals surface area (Å²) in [6, 6.07) is 10.2. The third kappa shape index (κ3) is 4.14. The van der Waals surface area contributed by atoms with E-state index in [1.54, 1.807) is 18.6 Å². The second-order valence-corrected chi connectivity index (χ2v) is 8.63. The second-order valence-electron chi connectivity index (χ2n) is 8.63. The molecule has 2 saturated heterocycles. The Bertz CT molecular complexity index is 1030. The molecule has 0 bridgehead atoms. The summed E-state index contributed by atoms with van der Waals surface area (Å²) < 4.78 is 11.1. The number of rotatable bonds is 5. The van der Waals surface area contributed by atoms with Gasteiger partial charge in [0.05, 0.1) is 11.6 Å². The lowest BCUT2D eigenvalue weighted by Crippen LogP contribution is -2.52. The normalized spacial score (nSPS) is 20.8. The molecule has 0 aliphatic carbocycles. The molecule has 166 valence electrons. The summed E-state index contributed by atoms with van der Waals surface area (Å²) in [4.78, 5) is 28.7. The van der Waals surface area contributed by atoms with Crippen molar-refractivity contribution in [1.29, 1.82) is 0 Å². The van der Waals surface area contributed by atoms with Gasteiger partial charge in [0.15, 0.2) is 0 Å². The van der Waals surface area contributed by atoms with Gasteiger partial charge in [0.2, 0.25) is 17.6 Å². The van der Waals surface area contributed by atoms with Crippen LogP contribution in [0.3, 0.4) is 0 Å². The number of benzene rings is 1. The summed E-state index contributed by atoms with van der Waals surface area (Å²) in [6.07, 6.45) is 8.94. The molecule has 2 fully saturated rings. The highest BCUT2D eigenvalue weighted by Gasteiger charge is 2.44. The van der Waals surface area contributed by atoms with Crippen LogP contribution in [0.25, 0.3) is 11.5 Å². The molecule has 2 aromatic heterocycles. The fraction of sp³-hybridized carbons (Fsp3) is 0.458. The summed E-state index contributed by atoms with van der Waals surface area (Å²) in [5, 5.41) is 4.05. The Hall–Kier alpha value is -3.13. The van der Waals surface area contributed by atoms with Crippen LogP contribution in [0, 0.1) is 5.92 Å². The van der Waals surface area contributed by atoms with Crippen LogP contribution in [-0.4, -0.2) is 57.2 Å². The molecule has 1 amide bonds. The van der Waals surface area contributed by atoms with Crippen molar-refractivity contribution in [2.45, 2.75) is 37.5 Å². The molecular weight excluding hydrogens is 406 g/mol. The predicted molar refractivity (Wildman–Crippen MR) is 117 cm³/mol. The van der Waals surface area contributed by atoms with Crippen LogP contribution in [0.5, 0.6) is 0 Å². The van der Waals surface area contributed by atoms with Gasteiger partial charge in [0, 0.05) is 45.1 Å². The fourth-order valence-corrected chi connectivity index (χ4v) is 4.93. The van der Waals surface area contributed by atoms with Crippen LogP contribution in [0.1, 0.15) is 37.1 Å². The Morgan fingerprint density at radius 3 is 2.78 bits per heavy atom. The van der Waals surface area contributed by atoms with E-state index in [0.29, 0.717) is 43.6 Å². The van der Waals surface area contributed by atoms with Crippen molar-refractivity contribution in [3.05, 3.63) is 60.4 Å². The van der Waals surface area contributed by atoms with Gasteiger partial charge in [-0.3, -0.25) is 9.78 Å². The largest absolute Gasteiger partial charge is 0.381 e. The lowest BCUT2D eigenvalue weighted by Gasteiger charge is -2.42. The topological polar surface area (TPSA) is 94.2 Å². The van der Waals surface area contributed by atoms with Crippen LogP contribution < -0.4 is 0 Å². The maximum atomic E-state index is 13.9. The molecule has 1 unspecified atom stereocenters. The van der Waals surface area contributed by atoms with Crippen molar-refractivity contribution >= 4 is 5.91 Å². The number of piperidine rings is 1. The van der Waals surface area contributed by atoms with E-state index < -0.39 is 5.41 Å². The average Bonchev–Trinajstić information content (AvgIpc) is 3.34. The third-order valence-electron chi connectivity index (χ3n) is 6.61. The first-order valence-corrected chi connectivity index (χ1v) is 11.3. The van der Waals surface area contributed by atoms with Crippen molar-refractivity contribution in [2.75, 3.05) is 26.3 Å². The minimum Gasteiger partial charge on any atom is -0.381 e. The molecule has 5 rings (SSSR count). The number of aromatic nitrogens is 4. The Labute approximate surface area is 187 Å². The lowest BCUT2D eigenvalue weighted by atomic mass is 9.72. The second kappa shape index (κ2) is 9.16. The van der Waals surface area contributed by atoms with E-state index in [0.717, 1.165) is 37.8 Å². The van der Waals surface area contributed by atoms with Gasteiger partial charge in [-0.15, -0.1) is 0 Å². The van der Waals surface area contributed by atoms with Crippen molar-refractivity contribution in [2.24, 2.45) is 5.92 Å². The molecule has 32 heavy (non-hydrogen) atoms. The maximum Gasteiger partial charge on any atom is 0.233 e. The van der Waals surface area contributed by atoms with Gasteiger partial charge in [0.25, 0.3) is 0 Å². The Balaban J connectivity index is 1.30. The zero-order chi connectivity index (χ0) is 21.8. The summed E-state index contributed by atoms with van der Waals surface area (Å²) in [7, 11) is 0. The van der Waals surface area contributed by atoms with E-state index in [1.807, 2.05) is 23.1 Å². The number of nitrogens with zero attached hydrogens (tertiary/aromatic N) is 5. The molecule has 0 N–H and O–H groups in total. The minimum atomic E-state index is -0.495. The molecule has 8 nitrogen and oxygen atoms in total. The smallest absolute Gasteiger partial charge is 0.233 e. The number of carbonyl (C=O) groups excluding carboxylic acids is 1. The first kappa shape index (κ1) is 20.8. The van der Waals surface area contributed by atoms with Gasteiger partial charge in [-0.05, 0) is 37.2 Å². The number of amides is 1. The number of likely N-dealkylation sites (tertiary alicyclic amines) is 1. The zero-order valence-electron chi connectivity index (χ0n) is 18.0. The first-order chi connectivity index (χ1) is 15.7. The standard InChI is InChI=1S/C24H27N5O3/c30-23(24(8-13-31-14-9-24)19-6-2-1-3-7-19)29-12-4-5-18(17-29)15-21-27-22(28-32-21)20-16-25-10-11-26-20/h1-3,6-7,10-11,16,18H,4-5,8-9,12-15,17H2. The van der Waals surface area contributed by atoms with Gasteiger partial charge < -0.3 is 14.2 Å². The molecule has 2 aliphatic heterocycles. The molecule has 1 aromatic carbocycles. The van der Waals surface area contributed by atoms with E-state index >= 15 is 0 Å². The highest BCUT2D eigenvalue weighted by Crippen LogP contribution is 2.38. The molecule has 8 heteroatoms. The number of hydrogen-bond donors (Lipinski definition) is 0. The Morgan fingerprint density at radius 1 is 1.16 bits per heavy atom. The van der Waals surface area contributed by atoms with Crippen LogP contribution in [0.2, 0.25) is 0 Å². The van der Waals surface area contributed by atoms with E-state index in [1.165, 1.54) is 0 Å². The molecule has 3 aromatic rings. The van der Waals surface area contributed by atoms with Gasteiger partial charge >= 0.3 is 0 Å². The van der Waals surface area contributed by atoms with Gasteiger partial charge in [-0.25, -0.2) is 4.98 Å². The maximum absolute atomic E-state index is 13.9. The van der Waals surface area contributed by atoms with Gasteiger partial charge in [-0.2, -0.15) is 4.98 Å². The summed E-state index contributed by atoms with van der Waals surface area (Å²) in [5.74, 6) is 1.54. The molecule has 2 aliphatic rings. The Kier molecular flexibility index (Phi) is 5.94. The van der Waals surface area contributed by atoms with Crippen molar-refractivity contribution in [3.8, 4) is 11.5 Å². The number of carbonyl (C=O) groups is 1. The zero-order valence-corrected chi connectivity index (χ0v) is 18.0. The summed E-state index contributed by atoms with van der Waals surface area (Å²) >= 11 is 0. The third-order valence-corrected chi connectivity index (χ3v) is 6.61. The molecule has 0 spiro atoms. The van der Waals surface area contributed by atoms with Crippen molar-refractivity contribution in [1.82, 2.24) is 25.0 Å². The van der Waals surface area contributed by atoms with Crippen molar-refractivity contribution < 1.29 is 14.1 Å². The molecule has 4 heterocycles. The summed E-state index contributed by atoms with van der Waals surface area (Å²) in [5.41, 5.74) is 1.19. The monoisotopic (exact) mass is 433 g/mol. The van der Waals surface area contributed by atoms with E-state index in [9.17, 15) is 4.79 Å². The van der Waals surface area contributed by atoms with E-state index in [-0.39, 0.29) is 11.8 Å². The average molecular weight is 434 g/mol. The lowest BCUT2D eigenvalue weighted by molar-refractivity contribution is -0.143. The van der Waals surface area contributed by atoms with Gasteiger partial charge in [0.1, 0.15) is 5.69 Å². The van der Waals surface area contributed by atoms with Crippen LogP contribution in [-0.2, 0) is 21.4 Å². The molecule has 0 radical (unpaired) electrons. The molecular formula is C24H27N5O3.